The highest BCUT2D eigenvalue weighted by atomic mass is 16.3. The zero-order valence-electron chi connectivity index (χ0n) is 10.3. The fraction of sp³-hybridized carbons (Fsp3) is 0.462. The van der Waals surface area contributed by atoms with Gasteiger partial charge in [0, 0.05) is 25.2 Å². The summed E-state index contributed by atoms with van der Waals surface area (Å²) in [5.41, 5.74) is 0.307. The fourth-order valence-electron chi connectivity index (χ4n) is 1.64. The number of phenolic OH excluding ortho intramolecular Hbond substituents is 2. The zero-order valence-corrected chi connectivity index (χ0v) is 10.3. The van der Waals surface area contributed by atoms with Crippen LogP contribution in [0.2, 0.25) is 0 Å². The molecular weight excluding hydrogens is 218 g/mol. The van der Waals surface area contributed by atoms with Crippen molar-refractivity contribution in [3.63, 3.8) is 0 Å². The van der Waals surface area contributed by atoms with Crippen LogP contribution in [0.15, 0.2) is 18.2 Å². The van der Waals surface area contributed by atoms with E-state index in [0.717, 1.165) is 19.3 Å². The zero-order chi connectivity index (χ0) is 12.8. The van der Waals surface area contributed by atoms with Gasteiger partial charge in [0.2, 0.25) is 0 Å². The van der Waals surface area contributed by atoms with E-state index in [4.69, 9.17) is 0 Å². The standard InChI is InChI=1S/C13H19NO3/c1-3-4-5-6-14(2)13(17)10-7-11(15)9-12(16)8-10/h7-9,15-16H,3-6H2,1-2H3. The summed E-state index contributed by atoms with van der Waals surface area (Å²) >= 11 is 0. The Kier molecular flexibility index (Phi) is 4.82. The molecule has 0 aliphatic rings. The third-order valence-electron chi connectivity index (χ3n) is 2.59. The van der Waals surface area contributed by atoms with Crippen LogP contribution >= 0.6 is 0 Å². The smallest absolute Gasteiger partial charge is 0.253 e. The van der Waals surface area contributed by atoms with Crippen molar-refractivity contribution in [2.75, 3.05) is 13.6 Å². The molecule has 0 saturated carbocycles. The van der Waals surface area contributed by atoms with Crippen LogP contribution in [0.3, 0.4) is 0 Å². The first-order valence-corrected chi connectivity index (χ1v) is 5.83. The van der Waals surface area contributed by atoms with Crippen LogP contribution in [0.25, 0.3) is 0 Å². The Morgan fingerprint density at radius 2 is 1.76 bits per heavy atom. The molecule has 4 nitrogen and oxygen atoms in total. The van der Waals surface area contributed by atoms with Crippen molar-refractivity contribution >= 4 is 5.91 Å². The summed E-state index contributed by atoms with van der Waals surface area (Å²) < 4.78 is 0. The summed E-state index contributed by atoms with van der Waals surface area (Å²) in [5, 5.41) is 18.6. The Labute approximate surface area is 101 Å². The van der Waals surface area contributed by atoms with E-state index in [2.05, 4.69) is 6.92 Å². The van der Waals surface area contributed by atoms with Crippen molar-refractivity contribution in [1.82, 2.24) is 4.90 Å². The predicted molar refractivity (Wildman–Crippen MR) is 66.3 cm³/mol. The molecule has 17 heavy (non-hydrogen) atoms. The highest BCUT2D eigenvalue weighted by Crippen LogP contribution is 2.21. The van der Waals surface area contributed by atoms with E-state index in [1.54, 1.807) is 11.9 Å². The van der Waals surface area contributed by atoms with E-state index >= 15 is 0 Å². The first-order valence-electron chi connectivity index (χ1n) is 5.83. The average Bonchev–Trinajstić information content (AvgIpc) is 2.27. The van der Waals surface area contributed by atoms with E-state index < -0.39 is 0 Å². The van der Waals surface area contributed by atoms with Gasteiger partial charge in [-0.1, -0.05) is 19.8 Å². The molecule has 4 heteroatoms. The van der Waals surface area contributed by atoms with Crippen molar-refractivity contribution in [2.24, 2.45) is 0 Å². The first-order chi connectivity index (χ1) is 8.04. The number of benzene rings is 1. The van der Waals surface area contributed by atoms with Crippen LogP contribution < -0.4 is 0 Å². The molecule has 0 spiro atoms. The second kappa shape index (κ2) is 6.13. The molecular formula is C13H19NO3. The highest BCUT2D eigenvalue weighted by Gasteiger charge is 2.12. The number of aromatic hydroxyl groups is 2. The molecule has 0 bridgehead atoms. The monoisotopic (exact) mass is 237 g/mol. The Hall–Kier alpha value is -1.71. The molecule has 0 aliphatic carbocycles. The third-order valence-corrected chi connectivity index (χ3v) is 2.59. The SMILES string of the molecule is CCCCCN(C)C(=O)c1cc(O)cc(O)c1. The lowest BCUT2D eigenvalue weighted by Gasteiger charge is -2.17. The predicted octanol–water partition coefficient (Wildman–Crippen LogP) is 2.36. The lowest BCUT2D eigenvalue weighted by atomic mass is 10.1. The van der Waals surface area contributed by atoms with Gasteiger partial charge in [-0.05, 0) is 18.6 Å². The molecule has 1 aromatic carbocycles. The minimum absolute atomic E-state index is 0.102. The van der Waals surface area contributed by atoms with Gasteiger partial charge in [-0.2, -0.15) is 0 Å². The number of hydrogen-bond acceptors (Lipinski definition) is 3. The van der Waals surface area contributed by atoms with Crippen molar-refractivity contribution in [3.05, 3.63) is 23.8 Å². The van der Waals surface area contributed by atoms with Gasteiger partial charge in [0.05, 0.1) is 0 Å². The molecule has 0 aliphatic heterocycles. The van der Waals surface area contributed by atoms with Gasteiger partial charge in [-0.15, -0.1) is 0 Å². The summed E-state index contributed by atoms with van der Waals surface area (Å²) in [7, 11) is 1.72. The van der Waals surface area contributed by atoms with E-state index in [1.807, 2.05) is 0 Å². The topological polar surface area (TPSA) is 60.8 Å². The maximum Gasteiger partial charge on any atom is 0.253 e. The molecule has 0 heterocycles. The fourth-order valence-corrected chi connectivity index (χ4v) is 1.64. The van der Waals surface area contributed by atoms with Crippen molar-refractivity contribution in [2.45, 2.75) is 26.2 Å². The maximum atomic E-state index is 11.9. The van der Waals surface area contributed by atoms with Gasteiger partial charge in [-0.3, -0.25) is 4.79 Å². The molecule has 2 N–H and O–H groups in total. The minimum Gasteiger partial charge on any atom is -0.508 e. The average molecular weight is 237 g/mol. The summed E-state index contributed by atoms with van der Waals surface area (Å²) in [6.45, 7) is 2.79. The summed E-state index contributed by atoms with van der Waals surface area (Å²) in [6.07, 6.45) is 3.15. The van der Waals surface area contributed by atoms with Gasteiger partial charge < -0.3 is 15.1 Å². The number of carbonyl (C=O) groups excluding carboxylic acids is 1. The summed E-state index contributed by atoms with van der Waals surface area (Å²) in [5.74, 6) is -0.391. The van der Waals surface area contributed by atoms with Crippen LogP contribution in [0.4, 0.5) is 0 Å². The second-order valence-corrected chi connectivity index (χ2v) is 4.17. The molecule has 0 atom stereocenters. The minimum atomic E-state index is -0.188. The molecule has 1 aromatic rings. The third kappa shape index (κ3) is 3.98. The molecule has 1 rings (SSSR count). The van der Waals surface area contributed by atoms with Gasteiger partial charge in [0.15, 0.2) is 0 Å². The first kappa shape index (κ1) is 13.4. The Bertz CT molecular complexity index is 370. The highest BCUT2D eigenvalue weighted by molar-refractivity contribution is 5.94. The Morgan fingerprint density at radius 1 is 1.18 bits per heavy atom. The van der Waals surface area contributed by atoms with Crippen LogP contribution in [-0.2, 0) is 0 Å². The normalized spacial score (nSPS) is 10.2. The quantitative estimate of drug-likeness (QED) is 0.773. The van der Waals surface area contributed by atoms with E-state index in [1.165, 1.54) is 18.2 Å². The molecule has 0 fully saturated rings. The van der Waals surface area contributed by atoms with Crippen LogP contribution in [0.1, 0.15) is 36.5 Å². The summed E-state index contributed by atoms with van der Waals surface area (Å²) in [6, 6.07) is 3.92. The number of phenols is 2. The van der Waals surface area contributed by atoms with Crippen molar-refractivity contribution in [3.8, 4) is 11.5 Å². The molecule has 0 saturated heterocycles. The van der Waals surface area contributed by atoms with Crippen molar-refractivity contribution in [1.29, 1.82) is 0 Å². The number of hydrogen-bond donors (Lipinski definition) is 2. The lowest BCUT2D eigenvalue weighted by Crippen LogP contribution is -2.27. The lowest BCUT2D eigenvalue weighted by molar-refractivity contribution is 0.0792. The van der Waals surface area contributed by atoms with Gasteiger partial charge in [-0.25, -0.2) is 0 Å². The molecule has 94 valence electrons. The van der Waals surface area contributed by atoms with Gasteiger partial charge in [0.1, 0.15) is 11.5 Å². The Morgan fingerprint density at radius 3 is 2.29 bits per heavy atom. The van der Waals surface area contributed by atoms with Crippen LogP contribution in [0.5, 0.6) is 11.5 Å². The van der Waals surface area contributed by atoms with E-state index in [-0.39, 0.29) is 17.4 Å². The van der Waals surface area contributed by atoms with Crippen LogP contribution in [0, 0.1) is 0 Å². The van der Waals surface area contributed by atoms with Crippen molar-refractivity contribution < 1.29 is 15.0 Å². The largest absolute Gasteiger partial charge is 0.508 e. The van der Waals surface area contributed by atoms with Gasteiger partial charge >= 0.3 is 0 Å². The number of unbranched alkanes of at least 4 members (excludes halogenated alkanes) is 2. The molecule has 0 unspecified atom stereocenters. The summed E-state index contributed by atoms with van der Waals surface area (Å²) in [4.78, 5) is 13.5. The Balaban J connectivity index is 2.68. The maximum absolute atomic E-state index is 11.9. The van der Waals surface area contributed by atoms with Crippen LogP contribution in [-0.4, -0.2) is 34.6 Å². The number of amides is 1. The van der Waals surface area contributed by atoms with E-state index in [0.29, 0.717) is 12.1 Å². The number of nitrogens with zero attached hydrogens (tertiary/aromatic N) is 1. The van der Waals surface area contributed by atoms with E-state index in [9.17, 15) is 15.0 Å². The number of carbonyl (C=O) groups is 1. The second-order valence-electron chi connectivity index (χ2n) is 4.17. The van der Waals surface area contributed by atoms with Gasteiger partial charge in [0.25, 0.3) is 5.91 Å². The molecule has 1 amide bonds. The number of rotatable bonds is 5. The molecule has 0 aromatic heterocycles. The molecule has 0 radical (unpaired) electrons.